The summed E-state index contributed by atoms with van der Waals surface area (Å²) in [6, 6.07) is 14.5. The summed E-state index contributed by atoms with van der Waals surface area (Å²) in [5.74, 6) is -1.26. The van der Waals surface area contributed by atoms with Gasteiger partial charge in [-0.3, -0.25) is 4.90 Å². The molecule has 37 heavy (non-hydrogen) atoms. The minimum Gasteiger partial charge on any atom is -0.492 e. The summed E-state index contributed by atoms with van der Waals surface area (Å²) < 4.78 is 48.7. The van der Waals surface area contributed by atoms with Gasteiger partial charge in [0.25, 0.3) is 0 Å². The van der Waals surface area contributed by atoms with Gasteiger partial charge in [-0.25, -0.2) is 9.50 Å². The minimum absolute atomic E-state index is 0.249. The standard InChI is InChI=1S/C29H31F3N4O/c1-20(2)27(29(30,31)32)23-7-5-6-22(16-23)26-18-34-36-19-24(17-33-28(26)36)21-8-10-25(11-9-21)37-15-14-35-12-3-4-13-35/h5-11,16-20,27H,3-4,12-15H2,1-2H3. The minimum atomic E-state index is -4.31. The van der Waals surface area contributed by atoms with Crippen LogP contribution in [0.3, 0.4) is 0 Å². The van der Waals surface area contributed by atoms with Gasteiger partial charge in [0.2, 0.25) is 0 Å². The number of ether oxygens (including phenoxy) is 1. The molecule has 1 atom stereocenters. The SMILES string of the molecule is CC(C)C(c1cccc(-c2cnn3cc(-c4ccc(OCCN5CCCC5)cc4)cnc23)c1)C(F)(F)F. The number of aromatic nitrogens is 3. The molecule has 0 N–H and O–H groups in total. The van der Waals surface area contributed by atoms with Crippen molar-refractivity contribution < 1.29 is 17.9 Å². The van der Waals surface area contributed by atoms with Crippen LogP contribution < -0.4 is 4.74 Å². The molecule has 0 aliphatic carbocycles. The molecule has 5 nitrogen and oxygen atoms in total. The molecule has 0 saturated carbocycles. The van der Waals surface area contributed by atoms with Gasteiger partial charge in [0.05, 0.1) is 12.1 Å². The Labute approximate surface area is 214 Å². The summed E-state index contributed by atoms with van der Waals surface area (Å²) in [6.45, 7) is 7.12. The normalized spacial score (nSPS) is 15.5. The summed E-state index contributed by atoms with van der Waals surface area (Å²) in [7, 11) is 0. The number of nitrogens with zero attached hydrogens (tertiary/aromatic N) is 4. The van der Waals surface area contributed by atoms with Crippen molar-refractivity contribution >= 4 is 5.65 Å². The maximum absolute atomic E-state index is 13.7. The van der Waals surface area contributed by atoms with E-state index in [1.807, 2.05) is 30.5 Å². The monoisotopic (exact) mass is 508 g/mol. The third-order valence-corrected chi connectivity index (χ3v) is 7.00. The zero-order valence-electron chi connectivity index (χ0n) is 21.1. The molecule has 0 amide bonds. The van der Waals surface area contributed by atoms with E-state index in [1.165, 1.54) is 12.8 Å². The highest BCUT2D eigenvalue weighted by atomic mass is 19.4. The first-order valence-electron chi connectivity index (χ1n) is 12.8. The summed E-state index contributed by atoms with van der Waals surface area (Å²) >= 11 is 0. The van der Waals surface area contributed by atoms with Crippen LogP contribution in [0.15, 0.2) is 67.1 Å². The van der Waals surface area contributed by atoms with E-state index in [9.17, 15) is 13.2 Å². The Morgan fingerprint density at radius 1 is 0.946 bits per heavy atom. The largest absolute Gasteiger partial charge is 0.492 e. The zero-order chi connectivity index (χ0) is 26.0. The first kappa shape index (κ1) is 25.3. The van der Waals surface area contributed by atoms with Gasteiger partial charge in [-0.05, 0) is 60.7 Å². The van der Waals surface area contributed by atoms with Crippen LogP contribution in [0.2, 0.25) is 0 Å². The van der Waals surface area contributed by atoms with Crippen LogP contribution in [-0.2, 0) is 0 Å². The number of benzene rings is 2. The number of fused-ring (bicyclic) bond motifs is 1. The molecule has 1 unspecified atom stereocenters. The number of hydrogen-bond donors (Lipinski definition) is 0. The second-order valence-electron chi connectivity index (χ2n) is 9.98. The Morgan fingerprint density at radius 2 is 1.70 bits per heavy atom. The van der Waals surface area contributed by atoms with Crippen molar-refractivity contribution in [2.75, 3.05) is 26.2 Å². The van der Waals surface area contributed by atoms with Crippen LogP contribution in [0.4, 0.5) is 13.2 Å². The van der Waals surface area contributed by atoms with E-state index in [0.717, 1.165) is 36.5 Å². The molecule has 4 aromatic rings. The van der Waals surface area contributed by atoms with E-state index in [0.29, 0.717) is 23.4 Å². The number of hydrogen-bond acceptors (Lipinski definition) is 4. The van der Waals surface area contributed by atoms with E-state index < -0.39 is 18.0 Å². The molecule has 5 rings (SSSR count). The lowest BCUT2D eigenvalue weighted by Crippen LogP contribution is -2.25. The Balaban J connectivity index is 1.33. The number of rotatable bonds is 8. The molecule has 1 fully saturated rings. The van der Waals surface area contributed by atoms with Gasteiger partial charge >= 0.3 is 6.18 Å². The Hall–Kier alpha value is -3.39. The molecule has 0 bridgehead atoms. The highest BCUT2D eigenvalue weighted by Crippen LogP contribution is 2.41. The molecule has 2 aromatic carbocycles. The van der Waals surface area contributed by atoms with Gasteiger partial charge in [-0.1, -0.05) is 50.2 Å². The van der Waals surface area contributed by atoms with Gasteiger partial charge in [0.1, 0.15) is 12.4 Å². The number of likely N-dealkylation sites (tertiary alicyclic amines) is 1. The highest BCUT2D eigenvalue weighted by Gasteiger charge is 2.42. The fourth-order valence-electron chi connectivity index (χ4n) is 5.12. The highest BCUT2D eigenvalue weighted by molar-refractivity contribution is 5.78. The fourth-order valence-corrected chi connectivity index (χ4v) is 5.12. The van der Waals surface area contributed by atoms with Crippen LogP contribution in [0, 0.1) is 5.92 Å². The van der Waals surface area contributed by atoms with Crippen molar-refractivity contribution in [3.8, 4) is 28.0 Å². The third kappa shape index (κ3) is 5.64. The van der Waals surface area contributed by atoms with Gasteiger partial charge < -0.3 is 4.74 Å². The van der Waals surface area contributed by atoms with Crippen LogP contribution in [-0.4, -0.2) is 51.9 Å². The Morgan fingerprint density at radius 3 is 2.41 bits per heavy atom. The lowest BCUT2D eigenvalue weighted by Gasteiger charge is -2.24. The quantitative estimate of drug-likeness (QED) is 0.261. The van der Waals surface area contributed by atoms with Gasteiger partial charge in [0.15, 0.2) is 5.65 Å². The first-order chi connectivity index (χ1) is 17.8. The Kier molecular flexibility index (Phi) is 7.20. The summed E-state index contributed by atoms with van der Waals surface area (Å²) in [5.41, 5.74) is 4.06. The van der Waals surface area contributed by atoms with Crippen LogP contribution in [0.1, 0.15) is 38.2 Å². The van der Waals surface area contributed by atoms with Crippen molar-refractivity contribution in [1.82, 2.24) is 19.5 Å². The number of halogens is 3. The van der Waals surface area contributed by atoms with Crippen LogP contribution in [0.25, 0.3) is 27.9 Å². The van der Waals surface area contributed by atoms with E-state index >= 15 is 0 Å². The lowest BCUT2D eigenvalue weighted by atomic mass is 9.86. The van der Waals surface area contributed by atoms with Crippen molar-refractivity contribution in [1.29, 1.82) is 0 Å². The summed E-state index contributed by atoms with van der Waals surface area (Å²) in [4.78, 5) is 7.03. The maximum Gasteiger partial charge on any atom is 0.395 e. The average molecular weight is 509 g/mol. The van der Waals surface area contributed by atoms with Crippen LogP contribution >= 0.6 is 0 Å². The van der Waals surface area contributed by atoms with E-state index in [-0.39, 0.29) is 5.56 Å². The first-order valence-corrected chi connectivity index (χ1v) is 12.8. The summed E-state index contributed by atoms with van der Waals surface area (Å²) in [6.07, 6.45) is 3.53. The molecule has 3 heterocycles. The molecule has 1 aliphatic rings. The molecular weight excluding hydrogens is 477 g/mol. The fraction of sp³-hybridized carbons (Fsp3) is 0.379. The molecule has 0 spiro atoms. The smallest absolute Gasteiger partial charge is 0.395 e. The molecule has 1 saturated heterocycles. The molecule has 2 aromatic heterocycles. The van der Waals surface area contributed by atoms with E-state index in [1.54, 1.807) is 55.0 Å². The van der Waals surface area contributed by atoms with Crippen LogP contribution in [0.5, 0.6) is 5.75 Å². The van der Waals surface area contributed by atoms with E-state index in [4.69, 9.17) is 4.74 Å². The predicted octanol–water partition coefficient (Wildman–Crippen LogP) is 6.84. The average Bonchev–Trinajstić information content (AvgIpc) is 3.53. The third-order valence-electron chi connectivity index (χ3n) is 7.00. The van der Waals surface area contributed by atoms with E-state index in [2.05, 4.69) is 15.0 Å². The van der Waals surface area contributed by atoms with Crippen molar-refractivity contribution in [2.45, 2.75) is 38.8 Å². The zero-order valence-corrected chi connectivity index (χ0v) is 21.1. The molecule has 0 radical (unpaired) electrons. The molecule has 8 heteroatoms. The topological polar surface area (TPSA) is 42.7 Å². The second kappa shape index (κ2) is 10.5. The van der Waals surface area contributed by atoms with Crippen molar-refractivity contribution in [3.63, 3.8) is 0 Å². The number of alkyl halides is 3. The lowest BCUT2D eigenvalue weighted by molar-refractivity contribution is -0.159. The van der Waals surface area contributed by atoms with Gasteiger partial charge in [-0.2, -0.15) is 18.3 Å². The van der Waals surface area contributed by atoms with Crippen molar-refractivity contribution in [2.24, 2.45) is 5.92 Å². The molecule has 1 aliphatic heterocycles. The summed E-state index contributed by atoms with van der Waals surface area (Å²) in [5, 5.41) is 4.44. The molecule has 194 valence electrons. The van der Waals surface area contributed by atoms with Gasteiger partial charge in [0, 0.05) is 30.1 Å². The molecular formula is C29H31F3N4O. The van der Waals surface area contributed by atoms with Gasteiger partial charge in [-0.15, -0.1) is 0 Å². The Bertz CT molecular complexity index is 1340. The maximum atomic E-state index is 13.7. The second-order valence-corrected chi connectivity index (χ2v) is 9.98. The van der Waals surface area contributed by atoms with Crippen molar-refractivity contribution in [3.05, 3.63) is 72.7 Å². The predicted molar refractivity (Wildman–Crippen MR) is 139 cm³/mol.